The van der Waals surface area contributed by atoms with Crippen LogP contribution in [-0.4, -0.2) is 34.2 Å². The second-order valence-corrected chi connectivity index (χ2v) is 11.4. The Balaban J connectivity index is 1.55. The molecule has 0 unspecified atom stereocenters. The Kier molecular flexibility index (Phi) is 9.48. The van der Waals surface area contributed by atoms with Gasteiger partial charge in [-0.3, -0.25) is 9.10 Å². The number of aryl methyl sites for hydroxylation is 1. The maximum atomic E-state index is 12.5. The van der Waals surface area contributed by atoms with E-state index < -0.39 is 10.0 Å². The normalized spacial score (nSPS) is 11.2. The first-order chi connectivity index (χ1) is 16.7. The molecule has 0 heterocycles. The smallest absolute Gasteiger partial charge is 0.232 e. The zero-order chi connectivity index (χ0) is 25.4. The molecule has 0 aliphatic heterocycles. The predicted octanol–water partition coefficient (Wildman–Crippen LogP) is 6.13. The van der Waals surface area contributed by atoms with Gasteiger partial charge < -0.3 is 10.1 Å². The van der Waals surface area contributed by atoms with Gasteiger partial charge in [0.1, 0.15) is 5.75 Å². The van der Waals surface area contributed by atoms with Crippen LogP contribution >= 0.6 is 23.4 Å². The quantitative estimate of drug-likeness (QED) is 0.300. The molecule has 0 fully saturated rings. The van der Waals surface area contributed by atoms with E-state index in [1.165, 1.54) is 21.9 Å². The SMILES string of the molecule is COc1ccc(N(CCCC(=O)Nc2ccc(CSc3ccccc3)cc2C)S(C)(=O)=O)cc1Cl. The summed E-state index contributed by atoms with van der Waals surface area (Å²) < 4.78 is 31.0. The number of sulfonamides is 1. The number of rotatable bonds is 11. The molecule has 35 heavy (non-hydrogen) atoms. The number of nitrogens with zero attached hydrogens (tertiary/aromatic N) is 1. The van der Waals surface area contributed by atoms with Crippen molar-refractivity contribution in [3.05, 3.63) is 82.9 Å². The molecule has 0 radical (unpaired) electrons. The van der Waals surface area contributed by atoms with Gasteiger partial charge in [0.15, 0.2) is 0 Å². The molecule has 0 aromatic heterocycles. The van der Waals surface area contributed by atoms with Crippen molar-refractivity contribution in [1.82, 2.24) is 0 Å². The Morgan fingerprint density at radius 1 is 1.09 bits per heavy atom. The summed E-state index contributed by atoms with van der Waals surface area (Å²) in [5.74, 6) is 1.14. The molecule has 3 aromatic carbocycles. The number of carbonyl (C=O) groups is 1. The van der Waals surface area contributed by atoms with Crippen molar-refractivity contribution in [2.45, 2.75) is 30.4 Å². The van der Waals surface area contributed by atoms with E-state index >= 15 is 0 Å². The van der Waals surface area contributed by atoms with Crippen LogP contribution < -0.4 is 14.4 Å². The summed E-state index contributed by atoms with van der Waals surface area (Å²) in [5.41, 5.74) is 3.34. The average molecular weight is 533 g/mol. The van der Waals surface area contributed by atoms with Gasteiger partial charge >= 0.3 is 0 Å². The third-order valence-electron chi connectivity index (χ3n) is 5.30. The number of carbonyl (C=O) groups excluding carboxylic acids is 1. The summed E-state index contributed by atoms with van der Waals surface area (Å²) in [5, 5.41) is 3.25. The molecule has 0 aliphatic rings. The van der Waals surface area contributed by atoms with Gasteiger partial charge in [-0.15, -0.1) is 11.8 Å². The topological polar surface area (TPSA) is 75.7 Å². The van der Waals surface area contributed by atoms with Gasteiger partial charge in [0.25, 0.3) is 0 Å². The lowest BCUT2D eigenvalue weighted by Gasteiger charge is -2.23. The highest BCUT2D eigenvalue weighted by Crippen LogP contribution is 2.30. The predicted molar refractivity (Wildman–Crippen MR) is 145 cm³/mol. The Morgan fingerprint density at radius 2 is 1.83 bits per heavy atom. The van der Waals surface area contributed by atoms with Crippen LogP contribution in [0.3, 0.4) is 0 Å². The van der Waals surface area contributed by atoms with Crippen LogP contribution in [0.5, 0.6) is 5.75 Å². The molecule has 0 saturated carbocycles. The monoisotopic (exact) mass is 532 g/mol. The van der Waals surface area contributed by atoms with Crippen LogP contribution in [0.2, 0.25) is 5.02 Å². The number of methoxy groups -OCH3 is 1. The zero-order valence-electron chi connectivity index (χ0n) is 20.0. The van der Waals surface area contributed by atoms with E-state index in [-0.39, 0.29) is 18.9 Å². The second kappa shape index (κ2) is 12.3. The van der Waals surface area contributed by atoms with Crippen LogP contribution in [0.4, 0.5) is 11.4 Å². The van der Waals surface area contributed by atoms with Gasteiger partial charge in [0.2, 0.25) is 15.9 Å². The Morgan fingerprint density at radius 3 is 2.46 bits per heavy atom. The molecule has 0 atom stereocenters. The first-order valence-electron chi connectivity index (χ1n) is 11.1. The summed E-state index contributed by atoms with van der Waals surface area (Å²) >= 11 is 7.93. The minimum atomic E-state index is -3.55. The number of nitrogens with one attached hydrogen (secondary N) is 1. The molecule has 6 nitrogen and oxygen atoms in total. The molecule has 0 saturated heterocycles. The zero-order valence-corrected chi connectivity index (χ0v) is 22.3. The minimum Gasteiger partial charge on any atom is -0.495 e. The standard InChI is InChI=1S/C26H29ClN2O4S2/c1-19-16-20(18-34-22-8-5-4-6-9-22)11-13-24(19)28-26(30)10-7-15-29(35(3,31)32)21-12-14-25(33-2)23(27)17-21/h4-6,8-9,11-14,16-17H,7,10,15,18H2,1-3H3,(H,28,30). The largest absolute Gasteiger partial charge is 0.495 e. The number of thioether (sulfide) groups is 1. The fraction of sp³-hybridized carbons (Fsp3) is 0.269. The first kappa shape index (κ1) is 26.9. The van der Waals surface area contributed by atoms with Crippen LogP contribution in [0.1, 0.15) is 24.0 Å². The van der Waals surface area contributed by atoms with Crippen molar-refractivity contribution in [2.24, 2.45) is 0 Å². The van der Waals surface area contributed by atoms with Gasteiger partial charge in [-0.25, -0.2) is 8.42 Å². The number of halogens is 1. The highest BCUT2D eigenvalue weighted by Gasteiger charge is 2.19. The molecule has 3 rings (SSSR count). The molecule has 3 aromatic rings. The maximum Gasteiger partial charge on any atom is 0.232 e. The lowest BCUT2D eigenvalue weighted by molar-refractivity contribution is -0.116. The molecule has 1 amide bonds. The van der Waals surface area contributed by atoms with Gasteiger partial charge in [0.05, 0.1) is 24.1 Å². The fourth-order valence-electron chi connectivity index (χ4n) is 3.53. The number of hydrogen-bond acceptors (Lipinski definition) is 5. The summed E-state index contributed by atoms with van der Waals surface area (Å²) in [4.78, 5) is 13.8. The average Bonchev–Trinajstić information content (AvgIpc) is 2.82. The summed E-state index contributed by atoms with van der Waals surface area (Å²) in [6, 6.07) is 21.0. The van der Waals surface area contributed by atoms with Crippen molar-refractivity contribution in [3.63, 3.8) is 0 Å². The Labute approximate surface area is 216 Å². The molecular weight excluding hydrogens is 504 g/mol. The molecule has 1 N–H and O–H groups in total. The lowest BCUT2D eigenvalue weighted by Crippen LogP contribution is -2.31. The van der Waals surface area contributed by atoms with Crippen molar-refractivity contribution < 1.29 is 17.9 Å². The van der Waals surface area contributed by atoms with Crippen LogP contribution in [0.25, 0.3) is 0 Å². The van der Waals surface area contributed by atoms with E-state index in [1.54, 1.807) is 30.0 Å². The van der Waals surface area contributed by atoms with Crippen molar-refractivity contribution in [3.8, 4) is 5.75 Å². The van der Waals surface area contributed by atoms with Crippen molar-refractivity contribution >= 4 is 50.7 Å². The number of benzene rings is 3. The molecule has 0 spiro atoms. The summed E-state index contributed by atoms with van der Waals surface area (Å²) in [6.07, 6.45) is 1.67. The second-order valence-electron chi connectivity index (χ2n) is 8.06. The molecular formula is C26H29ClN2O4S2. The van der Waals surface area contributed by atoms with E-state index in [2.05, 4.69) is 23.5 Å². The summed E-state index contributed by atoms with van der Waals surface area (Å²) in [6.45, 7) is 2.12. The van der Waals surface area contributed by atoms with E-state index in [0.717, 1.165) is 23.3 Å². The van der Waals surface area contributed by atoms with Crippen LogP contribution in [0, 0.1) is 6.92 Å². The summed E-state index contributed by atoms with van der Waals surface area (Å²) in [7, 11) is -2.06. The van der Waals surface area contributed by atoms with Gasteiger partial charge in [-0.2, -0.15) is 0 Å². The van der Waals surface area contributed by atoms with E-state index in [9.17, 15) is 13.2 Å². The van der Waals surface area contributed by atoms with Gasteiger partial charge in [0, 0.05) is 29.3 Å². The Bertz CT molecular complexity index is 1270. The lowest BCUT2D eigenvalue weighted by atomic mass is 10.1. The highest BCUT2D eigenvalue weighted by molar-refractivity contribution is 7.98. The van der Waals surface area contributed by atoms with E-state index in [1.807, 2.05) is 37.3 Å². The van der Waals surface area contributed by atoms with Gasteiger partial charge in [-0.05, 0) is 60.9 Å². The number of ether oxygens (including phenoxy) is 1. The van der Waals surface area contributed by atoms with Crippen molar-refractivity contribution in [1.29, 1.82) is 0 Å². The highest BCUT2D eigenvalue weighted by atomic mass is 35.5. The van der Waals surface area contributed by atoms with Gasteiger partial charge in [-0.1, -0.05) is 41.9 Å². The molecule has 0 bridgehead atoms. The van der Waals surface area contributed by atoms with E-state index in [0.29, 0.717) is 22.9 Å². The maximum absolute atomic E-state index is 12.5. The molecule has 186 valence electrons. The third-order valence-corrected chi connectivity index (χ3v) is 7.87. The number of amides is 1. The third kappa shape index (κ3) is 7.92. The number of hydrogen-bond donors (Lipinski definition) is 1. The van der Waals surface area contributed by atoms with Crippen LogP contribution in [0.15, 0.2) is 71.6 Å². The first-order valence-corrected chi connectivity index (χ1v) is 14.3. The van der Waals surface area contributed by atoms with Crippen LogP contribution in [-0.2, 0) is 20.6 Å². The molecule has 0 aliphatic carbocycles. The van der Waals surface area contributed by atoms with E-state index in [4.69, 9.17) is 16.3 Å². The van der Waals surface area contributed by atoms with Crippen molar-refractivity contribution in [2.75, 3.05) is 29.5 Å². The fourth-order valence-corrected chi connectivity index (χ4v) is 5.60. The number of anilines is 2. The Hall–Kier alpha value is -2.68. The minimum absolute atomic E-state index is 0.156. The molecule has 9 heteroatoms.